The number of carbonyl (C=O) groups is 1. The van der Waals surface area contributed by atoms with E-state index < -0.39 is 0 Å². The summed E-state index contributed by atoms with van der Waals surface area (Å²) < 4.78 is 4.77. The molecule has 0 saturated heterocycles. The fourth-order valence-electron chi connectivity index (χ4n) is 2.44. The van der Waals surface area contributed by atoms with Crippen LogP contribution >= 0.6 is 0 Å². The van der Waals surface area contributed by atoms with Gasteiger partial charge in [-0.1, -0.05) is 54.6 Å². The van der Waals surface area contributed by atoms with Crippen LogP contribution < -0.4 is 0 Å². The first-order valence-corrected chi connectivity index (χ1v) is 6.46. The van der Waals surface area contributed by atoms with Crippen molar-refractivity contribution in [3.8, 4) is 0 Å². The summed E-state index contributed by atoms with van der Waals surface area (Å²) in [6, 6.07) is 18.1. The summed E-state index contributed by atoms with van der Waals surface area (Å²) in [6.45, 7) is 0. The van der Waals surface area contributed by atoms with Crippen LogP contribution in [0.4, 0.5) is 0 Å². The highest BCUT2D eigenvalue weighted by atomic mass is 16.5. The van der Waals surface area contributed by atoms with E-state index in [2.05, 4.69) is 12.1 Å². The van der Waals surface area contributed by atoms with Crippen LogP contribution in [0.3, 0.4) is 0 Å². The SMILES string of the molecule is COC(=O)/C=C1/C(c2ccccc2)=Cc2ccccc21. The highest BCUT2D eigenvalue weighted by Gasteiger charge is 2.20. The van der Waals surface area contributed by atoms with Gasteiger partial charge in [-0.25, -0.2) is 4.79 Å². The molecule has 0 amide bonds. The van der Waals surface area contributed by atoms with Crippen molar-refractivity contribution in [3.05, 3.63) is 77.4 Å². The number of carbonyl (C=O) groups excluding carboxylic acids is 1. The summed E-state index contributed by atoms with van der Waals surface area (Å²) in [7, 11) is 1.39. The second kappa shape index (κ2) is 5.17. The molecule has 0 spiro atoms. The van der Waals surface area contributed by atoms with Crippen molar-refractivity contribution < 1.29 is 9.53 Å². The van der Waals surface area contributed by atoms with Crippen molar-refractivity contribution in [2.75, 3.05) is 7.11 Å². The van der Waals surface area contributed by atoms with E-state index in [0.717, 1.165) is 27.8 Å². The number of ether oxygens (including phenoxy) is 1. The second-order valence-electron chi connectivity index (χ2n) is 4.59. The predicted octanol–water partition coefficient (Wildman–Crippen LogP) is 3.80. The third-order valence-corrected chi connectivity index (χ3v) is 3.39. The van der Waals surface area contributed by atoms with Crippen molar-refractivity contribution in [3.63, 3.8) is 0 Å². The molecule has 0 saturated carbocycles. The molecule has 0 aliphatic heterocycles. The topological polar surface area (TPSA) is 26.3 Å². The molecule has 20 heavy (non-hydrogen) atoms. The van der Waals surface area contributed by atoms with Gasteiger partial charge < -0.3 is 4.74 Å². The summed E-state index contributed by atoms with van der Waals surface area (Å²) in [4.78, 5) is 11.6. The standard InChI is InChI=1S/C18H14O2/c1-20-18(19)12-17-15-10-6-5-9-14(15)11-16(17)13-7-3-2-4-8-13/h2-12H,1H3/b17-12+. The monoisotopic (exact) mass is 262 g/mol. The largest absolute Gasteiger partial charge is 0.466 e. The van der Waals surface area contributed by atoms with Gasteiger partial charge in [0.15, 0.2) is 0 Å². The summed E-state index contributed by atoms with van der Waals surface area (Å²) in [5.41, 5.74) is 5.26. The van der Waals surface area contributed by atoms with Crippen molar-refractivity contribution in [2.45, 2.75) is 0 Å². The minimum absolute atomic E-state index is 0.335. The minimum atomic E-state index is -0.335. The first kappa shape index (κ1) is 12.4. The molecule has 0 fully saturated rings. The molecule has 0 N–H and O–H groups in total. The molecule has 0 atom stereocenters. The van der Waals surface area contributed by atoms with Crippen LogP contribution in [0.25, 0.3) is 17.2 Å². The zero-order valence-corrected chi connectivity index (χ0v) is 11.2. The van der Waals surface area contributed by atoms with Gasteiger partial charge in [0, 0.05) is 6.08 Å². The maximum Gasteiger partial charge on any atom is 0.331 e. The molecule has 2 aromatic carbocycles. The Hall–Kier alpha value is -2.61. The lowest BCUT2D eigenvalue weighted by molar-refractivity contribution is -0.134. The summed E-state index contributed by atoms with van der Waals surface area (Å²) in [5.74, 6) is -0.335. The Labute approximate surface area is 118 Å². The molecule has 2 nitrogen and oxygen atoms in total. The van der Waals surface area contributed by atoms with Crippen LogP contribution in [-0.2, 0) is 9.53 Å². The minimum Gasteiger partial charge on any atom is -0.466 e. The van der Waals surface area contributed by atoms with Crippen molar-refractivity contribution in [1.82, 2.24) is 0 Å². The highest BCUT2D eigenvalue weighted by Crippen LogP contribution is 2.40. The quantitative estimate of drug-likeness (QED) is 0.608. The Morgan fingerprint density at radius 1 is 1.00 bits per heavy atom. The summed E-state index contributed by atoms with van der Waals surface area (Å²) in [5, 5.41) is 0. The fourth-order valence-corrected chi connectivity index (χ4v) is 2.44. The molecular weight excluding hydrogens is 248 g/mol. The number of hydrogen-bond acceptors (Lipinski definition) is 2. The van der Waals surface area contributed by atoms with Crippen molar-refractivity contribution in [2.24, 2.45) is 0 Å². The fraction of sp³-hybridized carbons (Fsp3) is 0.0556. The van der Waals surface area contributed by atoms with E-state index >= 15 is 0 Å². The first-order chi connectivity index (χ1) is 9.79. The van der Waals surface area contributed by atoms with Crippen LogP contribution in [0.15, 0.2) is 60.7 Å². The van der Waals surface area contributed by atoms with Crippen LogP contribution in [0.1, 0.15) is 16.7 Å². The van der Waals surface area contributed by atoms with Gasteiger partial charge in [0.1, 0.15) is 0 Å². The zero-order valence-electron chi connectivity index (χ0n) is 11.2. The van der Waals surface area contributed by atoms with Crippen LogP contribution in [-0.4, -0.2) is 13.1 Å². The molecule has 0 heterocycles. The van der Waals surface area contributed by atoms with E-state index in [0.29, 0.717) is 0 Å². The lowest BCUT2D eigenvalue weighted by atomic mass is 9.97. The molecule has 0 aromatic heterocycles. The van der Waals surface area contributed by atoms with Gasteiger partial charge in [-0.3, -0.25) is 0 Å². The van der Waals surface area contributed by atoms with Crippen molar-refractivity contribution in [1.29, 1.82) is 0 Å². The van der Waals surface area contributed by atoms with E-state index in [1.807, 2.05) is 48.5 Å². The molecular formula is C18H14O2. The van der Waals surface area contributed by atoms with Crippen LogP contribution in [0.5, 0.6) is 0 Å². The van der Waals surface area contributed by atoms with Gasteiger partial charge >= 0.3 is 5.97 Å². The lowest BCUT2D eigenvalue weighted by Crippen LogP contribution is -1.97. The van der Waals surface area contributed by atoms with E-state index in [4.69, 9.17) is 4.74 Å². The molecule has 3 rings (SSSR count). The van der Waals surface area contributed by atoms with E-state index in [9.17, 15) is 4.79 Å². The number of methoxy groups -OCH3 is 1. The third-order valence-electron chi connectivity index (χ3n) is 3.39. The molecule has 98 valence electrons. The average Bonchev–Trinajstić information content (AvgIpc) is 2.87. The lowest BCUT2D eigenvalue weighted by Gasteiger charge is -2.07. The maximum atomic E-state index is 11.6. The number of fused-ring (bicyclic) bond motifs is 1. The number of allylic oxidation sites excluding steroid dienone is 2. The van der Waals surface area contributed by atoms with Gasteiger partial charge in [0.05, 0.1) is 7.11 Å². The van der Waals surface area contributed by atoms with Crippen LogP contribution in [0, 0.1) is 0 Å². The molecule has 0 unspecified atom stereocenters. The van der Waals surface area contributed by atoms with E-state index in [1.165, 1.54) is 7.11 Å². The van der Waals surface area contributed by atoms with Crippen molar-refractivity contribution >= 4 is 23.2 Å². The Morgan fingerprint density at radius 2 is 1.70 bits per heavy atom. The molecule has 2 aromatic rings. The molecule has 1 aliphatic rings. The third kappa shape index (κ3) is 2.16. The smallest absolute Gasteiger partial charge is 0.331 e. The maximum absolute atomic E-state index is 11.6. The summed E-state index contributed by atoms with van der Waals surface area (Å²) in [6.07, 6.45) is 3.67. The Kier molecular flexibility index (Phi) is 3.21. The Balaban J connectivity index is 2.15. The molecule has 0 radical (unpaired) electrons. The van der Waals surface area contributed by atoms with Gasteiger partial charge in [-0.15, -0.1) is 0 Å². The Bertz CT molecular complexity index is 709. The second-order valence-corrected chi connectivity index (χ2v) is 4.59. The molecule has 0 bridgehead atoms. The van der Waals surface area contributed by atoms with Gasteiger partial charge in [0.2, 0.25) is 0 Å². The Morgan fingerprint density at radius 3 is 2.45 bits per heavy atom. The first-order valence-electron chi connectivity index (χ1n) is 6.46. The van der Waals surface area contributed by atoms with E-state index in [1.54, 1.807) is 6.08 Å². The summed E-state index contributed by atoms with van der Waals surface area (Å²) >= 11 is 0. The van der Waals surface area contributed by atoms with E-state index in [-0.39, 0.29) is 5.97 Å². The van der Waals surface area contributed by atoms with Crippen LogP contribution in [0.2, 0.25) is 0 Å². The number of rotatable bonds is 2. The number of benzene rings is 2. The van der Waals surface area contributed by atoms with Gasteiger partial charge in [-0.05, 0) is 33.9 Å². The number of hydrogen-bond donors (Lipinski definition) is 0. The normalized spacial score (nSPS) is 14.8. The molecule has 1 aliphatic carbocycles. The molecule has 2 heteroatoms. The highest BCUT2D eigenvalue weighted by molar-refractivity contribution is 6.20. The van der Waals surface area contributed by atoms with Gasteiger partial charge in [0.25, 0.3) is 0 Å². The average molecular weight is 262 g/mol. The zero-order chi connectivity index (χ0) is 13.9. The predicted molar refractivity (Wildman–Crippen MR) is 80.7 cm³/mol. The number of esters is 1. The van der Waals surface area contributed by atoms with Gasteiger partial charge in [-0.2, -0.15) is 0 Å².